The number of carboxylic acids is 1. The molecule has 1 aliphatic rings. The zero-order valence-corrected chi connectivity index (χ0v) is 13.1. The molecule has 0 aromatic carbocycles. The molecule has 0 aromatic heterocycles. The van der Waals surface area contributed by atoms with Crippen LogP contribution in [-0.2, 0) is 19.7 Å². The molecule has 0 aromatic rings. The van der Waals surface area contributed by atoms with Gasteiger partial charge in [-0.15, -0.1) is 0 Å². The van der Waals surface area contributed by atoms with Crippen LogP contribution in [0.1, 0.15) is 20.3 Å². The molecule has 1 N–H and O–H groups in total. The van der Waals surface area contributed by atoms with Gasteiger partial charge in [0.2, 0.25) is 0 Å². The van der Waals surface area contributed by atoms with Gasteiger partial charge < -0.3 is 9.84 Å². The van der Waals surface area contributed by atoms with Gasteiger partial charge in [-0.1, -0.05) is 13.8 Å². The van der Waals surface area contributed by atoms with Crippen LogP contribution in [0.3, 0.4) is 0 Å². The first-order valence-corrected chi connectivity index (χ1v) is 8.13. The molecular weight excluding hydrogens is 284 g/mol. The first-order chi connectivity index (χ1) is 9.27. The van der Waals surface area contributed by atoms with Gasteiger partial charge in [-0.05, 0) is 18.3 Å². The minimum Gasteiger partial charge on any atom is -0.480 e. The second-order valence-corrected chi connectivity index (χ2v) is 7.48. The van der Waals surface area contributed by atoms with Crippen LogP contribution in [0.5, 0.6) is 0 Å². The van der Waals surface area contributed by atoms with E-state index in [9.17, 15) is 13.2 Å². The molecule has 1 heterocycles. The summed E-state index contributed by atoms with van der Waals surface area (Å²) in [6, 6.07) is 0. The molecule has 0 saturated carbocycles. The molecule has 1 atom stereocenters. The van der Waals surface area contributed by atoms with Crippen LogP contribution < -0.4 is 0 Å². The summed E-state index contributed by atoms with van der Waals surface area (Å²) in [5.74, 6) is -0.885. The lowest BCUT2D eigenvalue weighted by atomic mass is 10.1. The quantitative estimate of drug-likeness (QED) is 0.694. The van der Waals surface area contributed by atoms with E-state index in [-0.39, 0.29) is 18.4 Å². The summed E-state index contributed by atoms with van der Waals surface area (Å²) in [5, 5.41) is 8.89. The Morgan fingerprint density at radius 1 is 1.50 bits per heavy atom. The van der Waals surface area contributed by atoms with Crippen LogP contribution in [0.2, 0.25) is 0 Å². The second kappa shape index (κ2) is 7.35. The largest absolute Gasteiger partial charge is 0.480 e. The molecule has 1 unspecified atom stereocenters. The Morgan fingerprint density at radius 2 is 2.15 bits per heavy atom. The molecule has 20 heavy (non-hydrogen) atoms. The molecular formula is C12H24N2O5S. The van der Waals surface area contributed by atoms with Crippen molar-refractivity contribution in [2.75, 3.05) is 39.9 Å². The average molecular weight is 308 g/mol. The third-order valence-corrected chi connectivity index (χ3v) is 5.10. The molecule has 0 amide bonds. The van der Waals surface area contributed by atoms with Crippen molar-refractivity contribution < 1.29 is 23.1 Å². The van der Waals surface area contributed by atoms with Crippen molar-refractivity contribution in [2.45, 2.75) is 20.3 Å². The lowest BCUT2D eigenvalue weighted by Gasteiger charge is -2.27. The van der Waals surface area contributed by atoms with E-state index in [0.29, 0.717) is 19.7 Å². The van der Waals surface area contributed by atoms with Crippen molar-refractivity contribution in [1.82, 2.24) is 8.61 Å². The van der Waals surface area contributed by atoms with Crippen molar-refractivity contribution in [3.8, 4) is 0 Å². The number of hydrogen-bond acceptors (Lipinski definition) is 4. The summed E-state index contributed by atoms with van der Waals surface area (Å²) in [7, 11) is -2.12. The summed E-state index contributed by atoms with van der Waals surface area (Å²) in [6.45, 7) is 4.78. The lowest BCUT2D eigenvalue weighted by Crippen LogP contribution is -2.46. The predicted molar refractivity (Wildman–Crippen MR) is 74.5 cm³/mol. The average Bonchev–Trinajstić information content (AvgIpc) is 2.76. The third-order valence-electron chi connectivity index (χ3n) is 3.18. The topological polar surface area (TPSA) is 87.2 Å². The predicted octanol–water partition coefficient (Wildman–Crippen LogP) is 0.242. The molecule has 1 aliphatic heterocycles. The van der Waals surface area contributed by atoms with Crippen molar-refractivity contribution in [2.24, 2.45) is 11.8 Å². The Labute approximate surface area is 120 Å². The van der Waals surface area contributed by atoms with Crippen LogP contribution in [0.25, 0.3) is 0 Å². The Morgan fingerprint density at radius 3 is 2.65 bits per heavy atom. The van der Waals surface area contributed by atoms with Gasteiger partial charge >= 0.3 is 5.97 Å². The highest BCUT2D eigenvalue weighted by molar-refractivity contribution is 7.86. The van der Waals surface area contributed by atoms with E-state index in [4.69, 9.17) is 9.84 Å². The summed E-state index contributed by atoms with van der Waals surface area (Å²) in [4.78, 5) is 10.9. The van der Waals surface area contributed by atoms with E-state index in [1.54, 1.807) is 7.11 Å². The number of carbonyl (C=O) groups is 1. The minimum absolute atomic E-state index is 0.0708. The fourth-order valence-corrected chi connectivity index (χ4v) is 4.16. The maximum atomic E-state index is 12.5. The molecule has 0 bridgehead atoms. The molecule has 118 valence electrons. The van der Waals surface area contributed by atoms with Gasteiger partial charge in [0.1, 0.15) is 6.54 Å². The van der Waals surface area contributed by atoms with Crippen molar-refractivity contribution >= 4 is 16.2 Å². The Bertz CT molecular complexity index is 424. The number of carboxylic acid groups (broad SMARTS) is 1. The number of methoxy groups -OCH3 is 1. The van der Waals surface area contributed by atoms with Crippen LogP contribution >= 0.6 is 0 Å². The summed E-state index contributed by atoms with van der Waals surface area (Å²) in [6.07, 6.45) is 0.746. The molecule has 8 heteroatoms. The van der Waals surface area contributed by atoms with E-state index < -0.39 is 22.7 Å². The number of ether oxygens (including phenoxy) is 1. The number of rotatable bonds is 8. The van der Waals surface area contributed by atoms with Crippen molar-refractivity contribution in [3.63, 3.8) is 0 Å². The first-order valence-electron chi connectivity index (χ1n) is 6.73. The highest BCUT2D eigenvalue weighted by Crippen LogP contribution is 2.22. The number of hydrogen-bond donors (Lipinski definition) is 1. The van der Waals surface area contributed by atoms with Gasteiger partial charge in [0, 0.05) is 26.7 Å². The molecule has 0 spiro atoms. The van der Waals surface area contributed by atoms with Gasteiger partial charge in [0.15, 0.2) is 0 Å². The monoisotopic (exact) mass is 308 g/mol. The third kappa shape index (κ3) is 4.69. The Kier molecular flexibility index (Phi) is 6.38. The molecule has 1 saturated heterocycles. The Balaban J connectivity index is 2.79. The van der Waals surface area contributed by atoms with Gasteiger partial charge in [-0.25, -0.2) is 0 Å². The van der Waals surface area contributed by atoms with E-state index >= 15 is 0 Å². The van der Waals surface area contributed by atoms with Crippen LogP contribution in [0, 0.1) is 11.8 Å². The zero-order valence-electron chi connectivity index (χ0n) is 12.3. The van der Waals surface area contributed by atoms with Gasteiger partial charge in [-0.3, -0.25) is 4.79 Å². The first kappa shape index (κ1) is 17.4. The molecule has 0 aliphatic carbocycles. The molecule has 7 nitrogen and oxygen atoms in total. The maximum absolute atomic E-state index is 12.5. The second-order valence-electron chi connectivity index (χ2n) is 5.56. The zero-order chi connectivity index (χ0) is 15.3. The number of nitrogens with zero attached hydrogens (tertiary/aromatic N) is 2. The highest BCUT2D eigenvalue weighted by Gasteiger charge is 2.36. The highest BCUT2D eigenvalue weighted by atomic mass is 32.2. The normalized spacial score (nSPS) is 20.9. The van der Waals surface area contributed by atoms with E-state index in [0.717, 1.165) is 10.7 Å². The molecule has 1 rings (SSSR count). The smallest absolute Gasteiger partial charge is 0.318 e. The van der Waals surface area contributed by atoms with Gasteiger partial charge in [0.05, 0.1) is 6.61 Å². The van der Waals surface area contributed by atoms with Crippen molar-refractivity contribution in [3.05, 3.63) is 0 Å². The molecule has 0 radical (unpaired) electrons. The standard InChI is InChI=1S/C12H24N2O5S/c1-10(2)6-14(8-12(15)16)20(17,18)13-5-4-11(7-13)9-19-3/h10-11H,4-9H2,1-3H3,(H,15,16). The minimum atomic E-state index is -3.71. The van der Waals surface area contributed by atoms with Crippen LogP contribution in [-0.4, -0.2) is 68.0 Å². The fraction of sp³-hybridized carbons (Fsp3) is 0.917. The lowest BCUT2D eigenvalue weighted by molar-refractivity contribution is -0.137. The van der Waals surface area contributed by atoms with Crippen LogP contribution in [0.15, 0.2) is 0 Å². The maximum Gasteiger partial charge on any atom is 0.318 e. The van der Waals surface area contributed by atoms with E-state index in [2.05, 4.69) is 0 Å². The summed E-state index contributed by atoms with van der Waals surface area (Å²) < 4.78 is 32.5. The van der Waals surface area contributed by atoms with E-state index in [1.807, 2.05) is 13.8 Å². The van der Waals surface area contributed by atoms with Gasteiger partial charge in [0.25, 0.3) is 10.2 Å². The van der Waals surface area contributed by atoms with Crippen molar-refractivity contribution in [1.29, 1.82) is 0 Å². The van der Waals surface area contributed by atoms with Crippen LogP contribution in [0.4, 0.5) is 0 Å². The Hall–Kier alpha value is -0.700. The molecule has 1 fully saturated rings. The fourth-order valence-electron chi connectivity index (χ4n) is 2.34. The summed E-state index contributed by atoms with van der Waals surface area (Å²) in [5.41, 5.74) is 0. The van der Waals surface area contributed by atoms with E-state index in [1.165, 1.54) is 4.31 Å². The number of aliphatic carboxylic acids is 1. The summed E-state index contributed by atoms with van der Waals surface area (Å²) >= 11 is 0. The van der Waals surface area contributed by atoms with Gasteiger partial charge in [-0.2, -0.15) is 17.0 Å². The SMILES string of the molecule is COCC1CCN(S(=O)(=O)N(CC(=O)O)CC(C)C)C1.